The first-order valence-corrected chi connectivity index (χ1v) is 10.9. The average molecular weight is 419 g/mol. The highest BCUT2D eigenvalue weighted by Crippen LogP contribution is 2.24. The Balaban J connectivity index is 1.40. The van der Waals surface area contributed by atoms with Gasteiger partial charge < -0.3 is 10.2 Å². The van der Waals surface area contributed by atoms with Gasteiger partial charge in [-0.15, -0.1) is 11.8 Å². The largest absolute Gasteiger partial charge is 0.354 e. The van der Waals surface area contributed by atoms with Crippen LogP contribution in [0.25, 0.3) is 0 Å². The minimum absolute atomic E-state index is 0.0690. The second-order valence-corrected chi connectivity index (χ2v) is 8.95. The van der Waals surface area contributed by atoms with E-state index in [0.29, 0.717) is 5.02 Å². The van der Waals surface area contributed by atoms with E-state index in [-0.39, 0.29) is 17.2 Å². The third-order valence-corrected chi connectivity index (χ3v) is 6.13. The predicted octanol–water partition coefficient (Wildman–Crippen LogP) is 3.54. The van der Waals surface area contributed by atoms with Crippen molar-refractivity contribution in [3.05, 3.63) is 53.7 Å². The number of pyridine rings is 1. The fourth-order valence-electron chi connectivity index (χ4n) is 3.26. The summed E-state index contributed by atoms with van der Waals surface area (Å²) in [6.45, 7) is 8.74. The molecule has 28 heavy (non-hydrogen) atoms. The van der Waals surface area contributed by atoms with Gasteiger partial charge in [0, 0.05) is 54.9 Å². The zero-order chi connectivity index (χ0) is 19.9. The number of carbonyl (C=O) groups is 1. The number of benzene rings is 1. The fraction of sp³-hybridized carbons (Fsp3) is 0.429. The highest BCUT2D eigenvalue weighted by molar-refractivity contribution is 8.00. The molecule has 2 heterocycles. The number of carbonyl (C=O) groups excluding carboxylic acids is 1. The second-order valence-electron chi connectivity index (χ2n) is 7.10. The summed E-state index contributed by atoms with van der Waals surface area (Å²) in [7, 11) is 0. The first-order valence-electron chi connectivity index (χ1n) is 9.62. The van der Waals surface area contributed by atoms with Crippen molar-refractivity contribution >= 4 is 35.1 Å². The van der Waals surface area contributed by atoms with E-state index >= 15 is 0 Å². The number of hydrogen-bond acceptors (Lipinski definition) is 5. The zero-order valence-electron chi connectivity index (χ0n) is 16.3. The molecule has 2 aromatic rings. The third-order valence-electron chi connectivity index (χ3n) is 4.76. The van der Waals surface area contributed by atoms with Crippen molar-refractivity contribution in [2.75, 3.05) is 37.6 Å². The van der Waals surface area contributed by atoms with Crippen LogP contribution < -0.4 is 10.2 Å². The molecule has 2 atom stereocenters. The summed E-state index contributed by atoms with van der Waals surface area (Å²) >= 11 is 7.46. The molecule has 1 aromatic carbocycles. The fourth-order valence-corrected chi connectivity index (χ4v) is 4.27. The van der Waals surface area contributed by atoms with Gasteiger partial charge in [-0.05, 0) is 50.2 Å². The topological polar surface area (TPSA) is 48.5 Å². The van der Waals surface area contributed by atoms with Crippen LogP contribution in [0, 0.1) is 0 Å². The normalized spacial score (nSPS) is 17.2. The summed E-state index contributed by atoms with van der Waals surface area (Å²) in [5.41, 5.74) is 0. The van der Waals surface area contributed by atoms with E-state index in [9.17, 15) is 4.79 Å². The van der Waals surface area contributed by atoms with Gasteiger partial charge in [0.1, 0.15) is 5.82 Å². The summed E-state index contributed by atoms with van der Waals surface area (Å²) < 4.78 is 0. The van der Waals surface area contributed by atoms with Gasteiger partial charge in [-0.2, -0.15) is 0 Å². The van der Waals surface area contributed by atoms with Crippen molar-refractivity contribution in [1.29, 1.82) is 0 Å². The molecule has 150 valence electrons. The first kappa shape index (κ1) is 21.0. The summed E-state index contributed by atoms with van der Waals surface area (Å²) in [6.07, 6.45) is 1.84. The first-order chi connectivity index (χ1) is 13.5. The highest BCUT2D eigenvalue weighted by Gasteiger charge is 2.21. The lowest BCUT2D eigenvalue weighted by Gasteiger charge is -2.36. The smallest absolute Gasteiger partial charge is 0.233 e. The van der Waals surface area contributed by atoms with Crippen LogP contribution in [0.3, 0.4) is 0 Å². The molecule has 0 spiro atoms. The van der Waals surface area contributed by atoms with E-state index < -0.39 is 0 Å². The van der Waals surface area contributed by atoms with Gasteiger partial charge in [0.05, 0.1) is 5.25 Å². The van der Waals surface area contributed by atoms with E-state index in [2.05, 4.69) is 33.1 Å². The van der Waals surface area contributed by atoms with Crippen LogP contribution >= 0.6 is 23.4 Å². The lowest BCUT2D eigenvalue weighted by molar-refractivity contribution is -0.121. The van der Waals surface area contributed by atoms with Crippen molar-refractivity contribution in [3.8, 4) is 0 Å². The second kappa shape index (κ2) is 10.1. The van der Waals surface area contributed by atoms with Crippen LogP contribution in [0.5, 0.6) is 0 Å². The number of anilines is 1. The number of halogens is 1. The lowest BCUT2D eigenvalue weighted by atomic mass is 10.2. The van der Waals surface area contributed by atoms with Crippen LogP contribution in [-0.4, -0.2) is 59.8 Å². The van der Waals surface area contributed by atoms with Crippen molar-refractivity contribution < 1.29 is 4.79 Å². The number of rotatable bonds is 7. The van der Waals surface area contributed by atoms with Crippen molar-refractivity contribution in [1.82, 2.24) is 15.2 Å². The Morgan fingerprint density at radius 1 is 1.14 bits per heavy atom. The molecule has 1 aliphatic heterocycles. The van der Waals surface area contributed by atoms with Crippen LogP contribution in [0.15, 0.2) is 53.6 Å². The van der Waals surface area contributed by atoms with Gasteiger partial charge in [-0.1, -0.05) is 17.7 Å². The molecule has 2 unspecified atom stereocenters. The molecule has 1 fully saturated rings. The standard InChI is InChI=1S/C21H27ClN4OS/c1-16(24-21(27)17(2)28-19-8-6-18(22)7-9-19)15-25-11-13-26(14-12-25)20-5-3-4-10-23-20/h3-10,16-17H,11-15H2,1-2H3,(H,24,27). The molecule has 1 aliphatic rings. The Morgan fingerprint density at radius 3 is 2.50 bits per heavy atom. The molecule has 0 bridgehead atoms. The Bertz CT molecular complexity index is 751. The van der Waals surface area contributed by atoms with E-state index in [0.717, 1.165) is 43.4 Å². The van der Waals surface area contributed by atoms with Crippen LogP contribution in [0.2, 0.25) is 5.02 Å². The summed E-state index contributed by atoms with van der Waals surface area (Å²) in [6, 6.07) is 13.7. The van der Waals surface area contributed by atoms with Crippen LogP contribution in [0.4, 0.5) is 5.82 Å². The van der Waals surface area contributed by atoms with Crippen molar-refractivity contribution in [2.45, 2.75) is 30.0 Å². The maximum absolute atomic E-state index is 12.5. The average Bonchev–Trinajstić information content (AvgIpc) is 2.71. The van der Waals surface area contributed by atoms with Gasteiger partial charge in [0.2, 0.25) is 5.91 Å². The number of hydrogen-bond donors (Lipinski definition) is 1. The molecule has 0 radical (unpaired) electrons. The van der Waals surface area contributed by atoms with E-state index in [1.165, 1.54) is 0 Å². The van der Waals surface area contributed by atoms with E-state index in [1.54, 1.807) is 11.8 Å². The molecule has 7 heteroatoms. The van der Waals surface area contributed by atoms with Gasteiger partial charge in [-0.3, -0.25) is 9.69 Å². The quantitative estimate of drug-likeness (QED) is 0.697. The number of aromatic nitrogens is 1. The number of piperazine rings is 1. The summed E-state index contributed by atoms with van der Waals surface area (Å²) in [4.78, 5) is 22.7. The molecular formula is C21H27ClN4OS. The molecule has 1 aromatic heterocycles. The highest BCUT2D eigenvalue weighted by atomic mass is 35.5. The van der Waals surface area contributed by atoms with Gasteiger partial charge in [0.25, 0.3) is 0 Å². The molecule has 0 saturated carbocycles. The summed E-state index contributed by atoms with van der Waals surface area (Å²) in [5, 5.41) is 3.71. The van der Waals surface area contributed by atoms with Gasteiger partial charge in [-0.25, -0.2) is 4.98 Å². The molecule has 1 saturated heterocycles. The van der Waals surface area contributed by atoms with Gasteiger partial charge >= 0.3 is 0 Å². The predicted molar refractivity (Wildman–Crippen MR) is 117 cm³/mol. The molecular weight excluding hydrogens is 392 g/mol. The monoisotopic (exact) mass is 418 g/mol. The zero-order valence-corrected chi connectivity index (χ0v) is 17.9. The van der Waals surface area contributed by atoms with Gasteiger partial charge in [0.15, 0.2) is 0 Å². The Hall–Kier alpha value is -1.76. The third kappa shape index (κ3) is 6.12. The number of thioether (sulfide) groups is 1. The molecule has 1 amide bonds. The minimum atomic E-state index is -0.148. The number of amides is 1. The Morgan fingerprint density at radius 2 is 1.86 bits per heavy atom. The molecule has 0 aliphatic carbocycles. The number of nitrogens with zero attached hydrogens (tertiary/aromatic N) is 3. The van der Waals surface area contributed by atoms with Crippen molar-refractivity contribution in [2.24, 2.45) is 0 Å². The Kier molecular flexibility index (Phi) is 7.59. The lowest BCUT2D eigenvalue weighted by Crippen LogP contribution is -2.51. The van der Waals surface area contributed by atoms with Crippen LogP contribution in [-0.2, 0) is 4.79 Å². The van der Waals surface area contributed by atoms with Crippen molar-refractivity contribution in [3.63, 3.8) is 0 Å². The summed E-state index contributed by atoms with van der Waals surface area (Å²) in [5.74, 6) is 1.11. The molecule has 1 N–H and O–H groups in total. The van der Waals surface area contributed by atoms with E-state index in [1.807, 2.05) is 49.5 Å². The molecule has 5 nitrogen and oxygen atoms in total. The van der Waals surface area contributed by atoms with E-state index in [4.69, 9.17) is 11.6 Å². The SMILES string of the molecule is CC(CN1CCN(c2ccccn2)CC1)NC(=O)C(C)Sc1ccc(Cl)cc1. The maximum atomic E-state index is 12.5. The maximum Gasteiger partial charge on any atom is 0.233 e. The minimum Gasteiger partial charge on any atom is -0.354 e. The molecule has 3 rings (SSSR count). The van der Waals surface area contributed by atoms with Crippen LogP contribution in [0.1, 0.15) is 13.8 Å². The number of nitrogens with one attached hydrogen (secondary N) is 1. The Labute approximate surface area is 176 Å².